The van der Waals surface area contributed by atoms with Crippen molar-refractivity contribution in [2.24, 2.45) is 0 Å². The second kappa shape index (κ2) is 7.65. The van der Waals surface area contributed by atoms with Gasteiger partial charge in [0.25, 0.3) is 0 Å². The summed E-state index contributed by atoms with van der Waals surface area (Å²) in [7, 11) is 0. The van der Waals surface area contributed by atoms with E-state index in [1.807, 2.05) is 0 Å². The molecule has 1 amide bonds. The molecule has 0 saturated carbocycles. The Bertz CT molecular complexity index is 752. The van der Waals surface area contributed by atoms with Crippen LogP contribution in [0.4, 0.5) is 0 Å². The molecule has 24 heavy (non-hydrogen) atoms. The number of fused-ring (bicyclic) bond motifs is 3. The summed E-state index contributed by atoms with van der Waals surface area (Å²) in [5, 5.41) is 2.54. The molecule has 0 radical (unpaired) electrons. The van der Waals surface area contributed by atoms with E-state index in [1.165, 1.54) is 21.9 Å². The van der Waals surface area contributed by atoms with E-state index in [4.69, 9.17) is 0 Å². The van der Waals surface area contributed by atoms with Gasteiger partial charge in [-0.3, -0.25) is 4.79 Å². The SMILES string of the molecule is CCCCN(CCCC)C(=O)C1=Cc2ccc3ccccc3c2C1. The molecule has 0 fully saturated rings. The standard InChI is InChI=1S/C22H27NO/c1-3-5-13-23(14-6-4-2)22(24)19-15-18-12-11-17-9-7-8-10-20(17)21(18)16-19/h7-12,15H,3-6,13-14,16H2,1-2H3. The minimum absolute atomic E-state index is 0.234. The normalized spacial score (nSPS) is 13.0. The van der Waals surface area contributed by atoms with Crippen LogP contribution in [0, 0.1) is 0 Å². The minimum Gasteiger partial charge on any atom is -0.339 e. The summed E-state index contributed by atoms with van der Waals surface area (Å²) >= 11 is 0. The first kappa shape index (κ1) is 16.8. The van der Waals surface area contributed by atoms with E-state index in [0.29, 0.717) is 0 Å². The highest BCUT2D eigenvalue weighted by Gasteiger charge is 2.23. The topological polar surface area (TPSA) is 20.3 Å². The molecule has 0 atom stereocenters. The van der Waals surface area contributed by atoms with Gasteiger partial charge >= 0.3 is 0 Å². The van der Waals surface area contributed by atoms with Crippen molar-refractivity contribution in [1.29, 1.82) is 0 Å². The monoisotopic (exact) mass is 321 g/mol. The fourth-order valence-electron chi connectivity index (χ4n) is 3.47. The van der Waals surface area contributed by atoms with E-state index < -0.39 is 0 Å². The molecule has 0 bridgehead atoms. The number of amides is 1. The second-order valence-electron chi connectivity index (χ2n) is 6.70. The maximum Gasteiger partial charge on any atom is 0.250 e. The number of rotatable bonds is 7. The van der Waals surface area contributed by atoms with Crippen LogP contribution < -0.4 is 0 Å². The van der Waals surface area contributed by atoms with Gasteiger partial charge in [-0.15, -0.1) is 0 Å². The molecule has 1 aliphatic rings. The second-order valence-corrected chi connectivity index (χ2v) is 6.70. The molecule has 0 heterocycles. The number of nitrogens with zero attached hydrogens (tertiary/aromatic N) is 1. The summed E-state index contributed by atoms with van der Waals surface area (Å²) in [5.41, 5.74) is 3.47. The molecule has 2 aromatic rings. The number of carbonyl (C=O) groups excluding carboxylic acids is 1. The first-order valence-electron chi connectivity index (χ1n) is 9.25. The predicted octanol–water partition coefficient (Wildman–Crippen LogP) is 5.21. The van der Waals surface area contributed by atoms with Crippen LogP contribution in [0.1, 0.15) is 50.7 Å². The number of hydrogen-bond acceptors (Lipinski definition) is 1. The molecule has 126 valence electrons. The van der Waals surface area contributed by atoms with Crippen molar-refractivity contribution in [2.75, 3.05) is 13.1 Å². The molecule has 2 aromatic carbocycles. The third-order valence-corrected chi connectivity index (χ3v) is 4.90. The fraction of sp³-hybridized carbons (Fsp3) is 0.409. The third-order valence-electron chi connectivity index (χ3n) is 4.90. The summed E-state index contributed by atoms with van der Waals surface area (Å²) in [6, 6.07) is 12.8. The molecule has 1 aliphatic carbocycles. The highest BCUT2D eigenvalue weighted by Crippen LogP contribution is 2.32. The van der Waals surface area contributed by atoms with Crippen molar-refractivity contribution in [1.82, 2.24) is 4.90 Å². The summed E-state index contributed by atoms with van der Waals surface area (Å²) in [6.07, 6.45) is 7.29. The maximum absolute atomic E-state index is 13.0. The van der Waals surface area contributed by atoms with E-state index in [9.17, 15) is 4.79 Å². The lowest BCUT2D eigenvalue weighted by Gasteiger charge is -2.23. The lowest BCUT2D eigenvalue weighted by atomic mass is 10.00. The Hall–Kier alpha value is -2.09. The van der Waals surface area contributed by atoms with Crippen molar-refractivity contribution in [3.8, 4) is 0 Å². The first-order chi connectivity index (χ1) is 11.7. The molecule has 3 rings (SSSR count). The van der Waals surface area contributed by atoms with Crippen LogP contribution in [0.2, 0.25) is 0 Å². The molecule has 0 unspecified atom stereocenters. The average Bonchev–Trinajstić information content (AvgIpc) is 3.06. The van der Waals surface area contributed by atoms with E-state index in [0.717, 1.165) is 50.8 Å². The first-order valence-corrected chi connectivity index (χ1v) is 9.25. The highest BCUT2D eigenvalue weighted by atomic mass is 16.2. The van der Waals surface area contributed by atoms with Gasteiger partial charge in [-0.1, -0.05) is 63.1 Å². The van der Waals surface area contributed by atoms with E-state index in [2.05, 4.69) is 61.2 Å². The Balaban J connectivity index is 1.82. The Labute approximate surface area is 145 Å². The molecular weight excluding hydrogens is 294 g/mol. The van der Waals surface area contributed by atoms with Gasteiger partial charge < -0.3 is 4.90 Å². The lowest BCUT2D eigenvalue weighted by molar-refractivity contribution is -0.127. The van der Waals surface area contributed by atoms with E-state index in [1.54, 1.807) is 0 Å². The van der Waals surface area contributed by atoms with Gasteiger partial charge in [-0.05, 0) is 40.8 Å². The Morgan fingerprint density at radius 1 is 1.00 bits per heavy atom. The third kappa shape index (κ3) is 3.38. The van der Waals surface area contributed by atoms with Crippen molar-refractivity contribution >= 4 is 22.8 Å². The van der Waals surface area contributed by atoms with E-state index >= 15 is 0 Å². The number of hydrogen-bond donors (Lipinski definition) is 0. The zero-order valence-electron chi connectivity index (χ0n) is 14.8. The van der Waals surface area contributed by atoms with E-state index in [-0.39, 0.29) is 5.91 Å². The van der Waals surface area contributed by atoms with Crippen LogP contribution in [-0.2, 0) is 11.2 Å². The summed E-state index contributed by atoms with van der Waals surface area (Å²) in [4.78, 5) is 15.1. The molecule has 0 aliphatic heterocycles. The zero-order chi connectivity index (χ0) is 16.9. The van der Waals surface area contributed by atoms with Crippen LogP contribution in [0.3, 0.4) is 0 Å². The van der Waals surface area contributed by atoms with Crippen molar-refractivity contribution in [2.45, 2.75) is 46.0 Å². The van der Waals surface area contributed by atoms with Crippen LogP contribution in [0.25, 0.3) is 16.8 Å². The predicted molar refractivity (Wildman–Crippen MR) is 102 cm³/mol. The molecule has 2 heteroatoms. The molecule has 0 N–H and O–H groups in total. The minimum atomic E-state index is 0.234. The lowest BCUT2D eigenvalue weighted by Crippen LogP contribution is -2.34. The van der Waals surface area contributed by atoms with Gasteiger partial charge in [-0.25, -0.2) is 0 Å². The molecule has 0 saturated heterocycles. The summed E-state index contributed by atoms with van der Waals surface area (Å²) in [6.45, 7) is 6.12. The highest BCUT2D eigenvalue weighted by molar-refractivity contribution is 6.03. The van der Waals surface area contributed by atoms with Gasteiger partial charge in [-0.2, -0.15) is 0 Å². The number of carbonyl (C=O) groups is 1. The van der Waals surface area contributed by atoms with Gasteiger partial charge in [0, 0.05) is 25.1 Å². The van der Waals surface area contributed by atoms with Crippen LogP contribution in [0.5, 0.6) is 0 Å². The molecule has 0 aromatic heterocycles. The van der Waals surface area contributed by atoms with Gasteiger partial charge in [0.05, 0.1) is 0 Å². The number of unbranched alkanes of at least 4 members (excludes halogenated alkanes) is 2. The van der Waals surface area contributed by atoms with Crippen LogP contribution >= 0.6 is 0 Å². The zero-order valence-corrected chi connectivity index (χ0v) is 14.8. The Kier molecular flexibility index (Phi) is 5.34. The van der Waals surface area contributed by atoms with Crippen LogP contribution in [-0.4, -0.2) is 23.9 Å². The molecule has 2 nitrogen and oxygen atoms in total. The summed E-state index contributed by atoms with van der Waals surface area (Å²) in [5.74, 6) is 0.234. The average molecular weight is 321 g/mol. The molecule has 0 spiro atoms. The van der Waals surface area contributed by atoms with Gasteiger partial charge in [0.15, 0.2) is 0 Å². The van der Waals surface area contributed by atoms with Crippen molar-refractivity contribution in [3.63, 3.8) is 0 Å². The quantitative estimate of drug-likeness (QED) is 0.685. The van der Waals surface area contributed by atoms with Crippen molar-refractivity contribution < 1.29 is 4.79 Å². The smallest absolute Gasteiger partial charge is 0.250 e. The summed E-state index contributed by atoms with van der Waals surface area (Å²) < 4.78 is 0. The molecular formula is C22H27NO. The van der Waals surface area contributed by atoms with Gasteiger partial charge in [0.2, 0.25) is 5.91 Å². The Morgan fingerprint density at radius 2 is 1.71 bits per heavy atom. The maximum atomic E-state index is 13.0. The number of benzene rings is 2. The largest absolute Gasteiger partial charge is 0.339 e. The fourth-order valence-corrected chi connectivity index (χ4v) is 3.47. The Morgan fingerprint density at radius 3 is 2.42 bits per heavy atom. The van der Waals surface area contributed by atoms with Crippen LogP contribution in [0.15, 0.2) is 42.0 Å². The van der Waals surface area contributed by atoms with Crippen molar-refractivity contribution in [3.05, 3.63) is 53.1 Å². The van der Waals surface area contributed by atoms with Gasteiger partial charge in [0.1, 0.15) is 0 Å².